The minimum atomic E-state index is -3.75. The van der Waals surface area contributed by atoms with Crippen molar-refractivity contribution < 1.29 is 13.3 Å². The predicted molar refractivity (Wildman–Crippen MR) is 65.3 cm³/mol. The predicted octanol–water partition coefficient (Wildman–Crippen LogP) is 1.91. The third kappa shape index (κ3) is 3.24. The maximum atomic E-state index is 11.0. The number of sulfonamides is 1. The van der Waals surface area contributed by atoms with E-state index in [-0.39, 0.29) is 15.7 Å². The third-order valence-electron chi connectivity index (χ3n) is 1.71. The van der Waals surface area contributed by atoms with Crippen LogP contribution >= 0.6 is 31.9 Å². The minimum Gasteiger partial charge on any atom is -0.258 e. The first-order chi connectivity index (χ1) is 7.22. The smallest absolute Gasteiger partial charge is 0.258 e. The Morgan fingerprint density at radius 2 is 1.94 bits per heavy atom. The van der Waals surface area contributed by atoms with E-state index in [4.69, 9.17) is 5.14 Å². The molecule has 0 aliphatic carbocycles. The number of primary sulfonamides is 1. The van der Waals surface area contributed by atoms with Crippen molar-refractivity contribution in [3.05, 3.63) is 36.8 Å². The molecule has 1 aromatic rings. The van der Waals surface area contributed by atoms with E-state index in [0.29, 0.717) is 4.47 Å². The molecule has 1 aromatic carbocycles. The van der Waals surface area contributed by atoms with Gasteiger partial charge in [-0.25, -0.2) is 13.6 Å². The number of nitro groups is 1. The van der Waals surface area contributed by atoms with Gasteiger partial charge in [-0.1, -0.05) is 15.9 Å². The van der Waals surface area contributed by atoms with E-state index in [1.54, 1.807) is 0 Å². The molecule has 6 nitrogen and oxygen atoms in total. The molecular formula is C7H6Br2N2O4S. The minimum absolute atomic E-state index is 0.112. The monoisotopic (exact) mass is 372 g/mol. The van der Waals surface area contributed by atoms with Gasteiger partial charge in [0, 0.05) is 16.1 Å². The summed E-state index contributed by atoms with van der Waals surface area (Å²) in [5.74, 6) is -0.476. The fourth-order valence-corrected chi connectivity index (χ4v) is 3.50. The molecule has 0 bridgehead atoms. The lowest BCUT2D eigenvalue weighted by molar-refractivity contribution is -0.385. The van der Waals surface area contributed by atoms with E-state index in [2.05, 4.69) is 31.9 Å². The lowest BCUT2D eigenvalue weighted by Crippen LogP contribution is -2.15. The average Bonchev–Trinajstić information content (AvgIpc) is 2.10. The number of nitrogens with two attached hydrogens (primary N) is 1. The van der Waals surface area contributed by atoms with Gasteiger partial charge in [0.05, 0.1) is 10.7 Å². The van der Waals surface area contributed by atoms with Crippen LogP contribution < -0.4 is 5.14 Å². The molecular weight excluding hydrogens is 368 g/mol. The summed E-state index contributed by atoms with van der Waals surface area (Å²) in [6, 6.07) is 2.67. The number of hydrogen-bond donors (Lipinski definition) is 1. The van der Waals surface area contributed by atoms with Gasteiger partial charge in [-0.15, -0.1) is 0 Å². The van der Waals surface area contributed by atoms with Gasteiger partial charge in [0.2, 0.25) is 10.0 Å². The first-order valence-electron chi connectivity index (χ1n) is 3.84. The van der Waals surface area contributed by atoms with Crippen LogP contribution in [0.3, 0.4) is 0 Å². The number of hydrogen-bond acceptors (Lipinski definition) is 4. The van der Waals surface area contributed by atoms with Crippen LogP contribution in [0.2, 0.25) is 0 Å². The molecule has 9 heteroatoms. The van der Waals surface area contributed by atoms with Crippen molar-refractivity contribution in [3.63, 3.8) is 0 Å². The van der Waals surface area contributed by atoms with Gasteiger partial charge in [-0.3, -0.25) is 10.1 Å². The molecule has 0 amide bonds. The topological polar surface area (TPSA) is 103 Å². The summed E-state index contributed by atoms with van der Waals surface area (Å²) in [5.41, 5.74) is 0.0264. The summed E-state index contributed by atoms with van der Waals surface area (Å²) in [6.45, 7) is 0. The summed E-state index contributed by atoms with van der Waals surface area (Å²) in [5, 5.41) is 15.5. The number of nitrogens with zero attached hydrogens (tertiary/aromatic N) is 1. The van der Waals surface area contributed by atoms with Crippen LogP contribution in [0.5, 0.6) is 0 Å². The first kappa shape index (κ1) is 13.6. The maximum Gasteiger partial charge on any atom is 0.283 e. The van der Waals surface area contributed by atoms with Crippen molar-refractivity contribution in [2.75, 3.05) is 0 Å². The van der Waals surface area contributed by atoms with Crippen molar-refractivity contribution in [1.82, 2.24) is 0 Å². The molecule has 0 heterocycles. The summed E-state index contributed by atoms with van der Waals surface area (Å²) in [4.78, 5) is 10.0. The van der Waals surface area contributed by atoms with Gasteiger partial charge < -0.3 is 0 Å². The number of halogens is 2. The number of nitro benzene ring substituents is 1. The standard InChI is InChI=1S/C7H6Br2N2O4S/c8-5-1-2-6(11(12)13)7(9)4(5)3-16(10,14)15/h1-2H,3H2,(H2,10,14,15). The molecule has 0 radical (unpaired) electrons. The molecule has 0 fully saturated rings. The highest BCUT2D eigenvalue weighted by molar-refractivity contribution is 9.11. The zero-order chi connectivity index (χ0) is 12.5. The highest BCUT2D eigenvalue weighted by atomic mass is 79.9. The van der Waals surface area contributed by atoms with Crippen molar-refractivity contribution >= 4 is 47.6 Å². The lowest BCUT2D eigenvalue weighted by Gasteiger charge is -2.06. The summed E-state index contributed by atoms with van der Waals surface area (Å²) in [7, 11) is -3.75. The van der Waals surface area contributed by atoms with Gasteiger partial charge in [0.1, 0.15) is 4.47 Å². The molecule has 88 valence electrons. The highest BCUT2D eigenvalue weighted by Gasteiger charge is 2.20. The number of benzene rings is 1. The van der Waals surface area contributed by atoms with Crippen molar-refractivity contribution in [3.8, 4) is 0 Å². The van der Waals surface area contributed by atoms with Gasteiger partial charge in [-0.2, -0.15) is 0 Å². The van der Waals surface area contributed by atoms with Crippen LogP contribution in [0.15, 0.2) is 21.1 Å². The van der Waals surface area contributed by atoms with E-state index in [0.717, 1.165) is 0 Å². The molecule has 0 aliphatic rings. The second-order valence-electron chi connectivity index (χ2n) is 2.92. The van der Waals surface area contributed by atoms with Crippen molar-refractivity contribution in [2.24, 2.45) is 5.14 Å². The molecule has 2 N–H and O–H groups in total. The Morgan fingerprint density at radius 1 is 1.38 bits per heavy atom. The Kier molecular flexibility index (Phi) is 4.05. The second-order valence-corrected chi connectivity index (χ2v) is 6.19. The maximum absolute atomic E-state index is 11.0. The first-order valence-corrected chi connectivity index (χ1v) is 7.14. The Balaban J connectivity index is 3.38. The van der Waals surface area contributed by atoms with E-state index in [1.807, 2.05) is 0 Å². The normalized spacial score (nSPS) is 11.4. The molecule has 16 heavy (non-hydrogen) atoms. The Labute approximate surface area is 108 Å². The molecule has 0 saturated carbocycles. The zero-order valence-electron chi connectivity index (χ0n) is 7.68. The molecule has 0 spiro atoms. The highest BCUT2D eigenvalue weighted by Crippen LogP contribution is 2.34. The average molecular weight is 374 g/mol. The molecule has 0 saturated heterocycles. The summed E-state index contributed by atoms with van der Waals surface area (Å²) in [6.07, 6.45) is 0. The SMILES string of the molecule is NS(=O)(=O)Cc1c(Br)ccc([N+](=O)[O-])c1Br. The Bertz CT molecular complexity index is 544. The fraction of sp³-hybridized carbons (Fsp3) is 0.143. The van der Waals surface area contributed by atoms with Gasteiger partial charge in [-0.05, 0) is 22.0 Å². The number of rotatable bonds is 3. The Hall–Kier alpha value is -0.510. The van der Waals surface area contributed by atoms with Crippen molar-refractivity contribution in [2.45, 2.75) is 5.75 Å². The van der Waals surface area contributed by atoms with E-state index in [1.165, 1.54) is 12.1 Å². The van der Waals surface area contributed by atoms with Crippen LogP contribution in [-0.2, 0) is 15.8 Å². The van der Waals surface area contributed by atoms with Crippen LogP contribution in [0.25, 0.3) is 0 Å². The summed E-state index contributed by atoms with van der Waals surface area (Å²) < 4.78 is 22.5. The molecule has 0 aromatic heterocycles. The van der Waals surface area contributed by atoms with Crippen LogP contribution in [-0.4, -0.2) is 13.3 Å². The van der Waals surface area contributed by atoms with Crippen molar-refractivity contribution in [1.29, 1.82) is 0 Å². The second kappa shape index (κ2) is 4.78. The molecule has 0 aliphatic heterocycles. The largest absolute Gasteiger partial charge is 0.283 e. The molecule has 1 rings (SSSR count). The Morgan fingerprint density at radius 3 is 2.38 bits per heavy atom. The van der Waals surface area contributed by atoms with Gasteiger partial charge >= 0.3 is 0 Å². The van der Waals surface area contributed by atoms with Crippen LogP contribution in [0.4, 0.5) is 5.69 Å². The quantitative estimate of drug-likeness (QED) is 0.645. The third-order valence-corrected chi connectivity index (χ3v) is 4.03. The van der Waals surface area contributed by atoms with E-state index in [9.17, 15) is 18.5 Å². The molecule has 0 unspecified atom stereocenters. The van der Waals surface area contributed by atoms with E-state index < -0.39 is 20.7 Å². The van der Waals surface area contributed by atoms with Gasteiger partial charge in [0.25, 0.3) is 5.69 Å². The van der Waals surface area contributed by atoms with Crippen LogP contribution in [0, 0.1) is 10.1 Å². The zero-order valence-corrected chi connectivity index (χ0v) is 11.7. The lowest BCUT2D eigenvalue weighted by atomic mass is 10.2. The summed E-state index contributed by atoms with van der Waals surface area (Å²) >= 11 is 6.10. The van der Waals surface area contributed by atoms with Crippen LogP contribution in [0.1, 0.15) is 5.56 Å². The van der Waals surface area contributed by atoms with Gasteiger partial charge in [0.15, 0.2) is 0 Å². The fourth-order valence-electron chi connectivity index (χ4n) is 1.06. The molecule has 0 atom stereocenters. The van der Waals surface area contributed by atoms with E-state index >= 15 is 0 Å².